The van der Waals surface area contributed by atoms with Gasteiger partial charge in [-0.15, -0.1) is 0 Å². The Balaban J connectivity index is 3.27. The number of nitro groups is 1. The molecule has 0 saturated heterocycles. The minimum absolute atomic E-state index is 0.483. The average Bonchev–Trinajstić information content (AvgIpc) is 2.03. The highest BCUT2D eigenvalue weighted by Crippen LogP contribution is 2.26. The molecule has 70 valence electrons. The molecule has 6 heteroatoms. The fourth-order valence-corrected chi connectivity index (χ4v) is 0.879. The van der Waals surface area contributed by atoms with Crippen LogP contribution in [-0.2, 0) is 0 Å². The lowest BCUT2D eigenvalue weighted by Crippen LogP contribution is -1.99. The molecular formula is C7H6F2N2O2. The second-order valence-corrected chi connectivity index (χ2v) is 2.47. The lowest BCUT2D eigenvalue weighted by molar-refractivity contribution is -0.386. The maximum Gasteiger partial charge on any atom is 0.296 e. The Morgan fingerprint density at radius 1 is 1.62 bits per heavy atom. The molecule has 0 unspecified atom stereocenters. The molecule has 0 amide bonds. The topological polar surface area (TPSA) is 56.0 Å². The van der Waals surface area contributed by atoms with Crippen LogP contribution in [0.15, 0.2) is 12.3 Å². The quantitative estimate of drug-likeness (QED) is 0.528. The van der Waals surface area contributed by atoms with Gasteiger partial charge in [-0.2, -0.15) is 0 Å². The van der Waals surface area contributed by atoms with Crippen LogP contribution < -0.4 is 0 Å². The zero-order chi connectivity index (χ0) is 10.0. The average molecular weight is 188 g/mol. The minimum Gasteiger partial charge on any atom is -0.258 e. The summed E-state index contributed by atoms with van der Waals surface area (Å²) in [5, 5.41) is 10.3. The zero-order valence-corrected chi connectivity index (χ0v) is 6.70. The molecule has 0 aliphatic heterocycles. The Labute approximate surface area is 72.4 Å². The maximum atomic E-state index is 12.2. The number of hydrogen-bond donors (Lipinski definition) is 0. The highest BCUT2D eigenvalue weighted by Gasteiger charge is 2.22. The molecule has 0 atom stereocenters. The van der Waals surface area contributed by atoms with Gasteiger partial charge in [-0.1, -0.05) is 0 Å². The second-order valence-electron chi connectivity index (χ2n) is 2.47. The molecule has 0 bridgehead atoms. The van der Waals surface area contributed by atoms with E-state index in [1.54, 1.807) is 6.92 Å². The number of halogens is 2. The predicted molar refractivity (Wildman–Crippen MR) is 40.6 cm³/mol. The molecule has 13 heavy (non-hydrogen) atoms. The van der Waals surface area contributed by atoms with Crippen LogP contribution in [0.3, 0.4) is 0 Å². The largest absolute Gasteiger partial charge is 0.296 e. The molecule has 0 saturated carbocycles. The Kier molecular flexibility index (Phi) is 2.50. The van der Waals surface area contributed by atoms with Crippen LogP contribution in [0.5, 0.6) is 0 Å². The molecule has 0 radical (unpaired) electrons. The van der Waals surface area contributed by atoms with E-state index in [4.69, 9.17) is 0 Å². The van der Waals surface area contributed by atoms with Gasteiger partial charge in [-0.05, 0) is 12.5 Å². The van der Waals surface area contributed by atoms with E-state index in [9.17, 15) is 18.9 Å². The highest BCUT2D eigenvalue weighted by molar-refractivity contribution is 5.38. The molecule has 1 heterocycles. The van der Waals surface area contributed by atoms with E-state index >= 15 is 0 Å². The maximum absolute atomic E-state index is 12.2. The molecule has 1 aromatic rings. The van der Waals surface area contributed by atoms with E-state index in [0.717, 1.165) is 6.07 Å². The number of aromatic nitrogens is 1. The molecule has 4 nitrogen and oxygen atoms in total. The normalized spacial score (nSPS) is 10.5. The number of nitrogens with zero attached hydrogens (tertiary/aromatic N) is 2. The number of alkyl halides is 2. The van der Waals surface area contributed by atoms with Gasteiger partial charge in [0, 0.05) is 12.3 Å². The summed E-state index contributed by atoms with van der Waals surface area (Å²) < 4.78 is 24.3. The molecule has 0 aliphatic rings. The van der Waals surface area contributed by atoms with Gasteiger partial charge >= 0.3 is 0 Å². The van der Waals surface area contributed by atoms with Crippen molar-refractivity contribution in [3.63, 3.8) is 0 Å². The van der Waals surface area contributed by atoms with Crippen LogP contribution in [0.4, 0.5) is 14.5 Å². The SMILES string of the molecule is Cc1cnc(C(F)F)c([N+](=O)[O-])c1. The van der Waals surface area contributed by atoms with Crippen LogP contribution in [-0.4, -0.2) is 9.91 Å². The summed E-state index contributed by atoms with van der Waals surface area (Å²) in [6.45, 7) is 1.55. The van der Waals surface area contributed by atoms with Gasteiger partial charge < -0.3 is 0 Å². The van der Waals surface area contributed by atoms with E-state index < -0.39 is 22.7 Å². The van der Waals surface area contributed by atoms with Crippen molar-refractivity contribution in [3.8, 4) is 0 Å². The van der Waals surface area contributed by atoms with Crippen LogP contribution in [0.1, 0.15) is 17.7 Å². The summed E-state index contributed by atoms with van der Waals surface area (Å²) in [7, 11) is 0. The molecule has 0 fully saturated rings. The number of aryl methyl sites for hydroxylation is 1. The number of rotatable bonds is 2. The van der Waals surface area contributed by atoms with Crippen LogP contribution in [0.2, 0.25) is 0 Å². The summed E-state index contributed by atoms with van der Waals surface area (Å²) in [5.41, 5.74) is -0.929. The third kappa shape index (κ3) is 1.95. The van der Waals surface area contributed by atoms with Gasteiger partial charge in [-0.25, -0.2) is 13.8 Å². The highest BCUT2D eigenvalue weighted by atomic mass is 19.3. The van der Waals surface area contributed by atoms with E-state index in [-0.39, 0.29) is 0 Å². The van der Waals surface area contributed by atoms with Gasteiger partial charge in [-0.3, -0.25) is 10.1 Å². The Morgan fingerprint density at radius 2 is 2.23 bits per heavy atom. The van der Waals surface area contributed by atoms with Crippen molar-refractivity contribution in [2.45, 2.75) is 13.3 Å². The first-order valence-corrected chi connectivity index (χ1v) is 3.41. The zero-order valence-electron chi connectivity index (χ0n) is 6.70. The van der Waals surface area contributed by atoms with E-state index in [1.165, 1.54) is 6.20 Å². The molecular weight excluding hydrogens is 182 g/mol. The number of hydrogen-bond acceptors (Lipinski definition) is 3. The second kappa shape index (κ2) is 3.42. The summed E-state index contributed by atoms with van der Waals surface area (Å²) in [4.78, 5) is 12.8. The fourth-order valence-electron chi connectivity index (χ4n) is 0.879. The summed E-state index contributed by atoms with van der Waals surface area (Å²) >= 11 is 0. The molecule has 1 rings (SSSR count). The van der Waals surface area contributed by atoms with Crippen molar-refractivity contribution in [2.24, 2.45) is 0 Å². The van der Waals surface area contributed by atoms with Crippen molar-refractivity contribution in [3.05, 3.63) is 33.6 Å². The van der Waals surface area contributed by atoms with Gasteiger partial charge in [0.1, 0.15) is 0 Å². The smallest absolute Gasteiger partial charge is 0.258 e. The predicted octanol–water partition coefficient (Wildman–Crippen LogP) is 2.24. The third-order valence-corrected chi connectivity index (χ3v) is 1.44. The van der Waals surface area contributed by atoms with Crippen LogP contribution >= 0.6 is 0 Å². The third-order valence-electron chi connectivity index (χ3n) is 1.44. The first-order chi connectivity index (χ1) is 6.02. The Bertz CT molecular complexity index is 341. The Hall–Kier alpha value is -1.59. The van der Waals surface area contributed by atoms with Gasteiger partial charge in [0.05, 0.1) is 4.92 Å². The van der Waals surface area contributed by atoms with Crippen molar-refractivity contribution in [1.29, 1.82) is 0 Å². The van der Waals surface area contributed by atoms with Crippen LogP contribution in [0, 0.1) is 17.0 Å². The van der Waals surface area contributed by atoms with Gasteiger partial charge in [0.2, 0.25) is 0 Å². The number of pyridine rings is 1. The molecule has 0 aromatic carbocycles. The summed E-state index contributed by atoms with van der Waals surface area (Å²) in [6.07, 6.45) is -1.74. The first-order valence-electron chi connectivity index (χ1n) is 3.41. The lowest BCUT2D eigenvalue weighted by Gasteiger charge is -2.00. The van der Waals surface area contributed by atoms with Gasteiger partial charge in [0.15, 0.2) is 5.69 Å². The lowest BCUT2D eigenvalue weighted by atomic mass is 10.2. The van der Waals surface area contributed by atoms with Gasteiger partial charge in [0.25, 0.3) is 12.1 Å². The van der Waals surface area contributed by atoms with E-state index in [1.807, 2.05) is 0 Å². The fraction of sp³-hybridized carbons (Fsp3) is 0.286. The van der Waals surface area contributed by atoms with Crippen molar-refractivity contribution in [1.82, 2.24) is 4.98 Å². The van der Waals surface area contributed by atoms with E-state index in [0.29, 0.717) is 5.56 Å². The van der Waals surface area contributed by atoms with Crippen molar-refractivity contribution >= 4 is 5.69 Å². The monoisotopic (exact) mass is 188 g/mol. The molecule has 0 spiro atoms. The van der Waals surface area contributed by atoms with E-state index in [2.05, 4.69) is 4.98 Å². The van der Waals surface area contributed by atoms with Crippen molar-refractivity contribution in [2.75, 3.05) is 0 Å². The Morgan fingerprint density at radius 3 is 2.69 bits per heavy atom. The first kappa shape index (κ1) is 9.50. The molecule has 0 aliphatic carbocycles. The summed E-state index contributed by atoms with van der Waals surface area (Å²) in [6, 6.07) is 1.08. The standard InChI is InChI=1S/C7H6F2N2O2/c1-4-2-5(11(12)13)6(7(8)9)10-3-4/h2-3,7H,1H3. The van der Waals surface area contributed by atoms with Crippen molar-refractivity contribution < 1.29 is 13.7 Å². The molecule has 1 aromatic heterocycles. The van der Waals surface area contributed by atoms with Crippen LogP contribution in [0.25, 0.3) is 0 Å². The molecule has 0 N–H and O–H groups in total. The summed E-state index contributed by atoms with van der Waals surface area (Å²) in [5.74, 6) is 0. The minimum atomic E-state index is -2.92.